The number of benzene rings is 3. The molecule has 3 fully saturated rings. The molecule has 0 saturated carbocycles. The third-order valence-corrected chi connectivity index (χ3v) is 14.8. The average Bonchev–Trinajstić information content (AvgIpc) is 4.20. The van der Waals surface area contributed by atoms with Gasteiger partial charge in [0.25, 0.3) is 11.8 Å². The van der Waals surface area contributed by atoms with Gasteiger partial charge >= 0.3 is 6.03 Å². The number of imidazole rings is 1. The zero-order chi connectivity index (χ0) is 45.9. The van der Waals surface area contributed by atoms with Crippen LogP contribution in [0.15, 0.2) is 72.5 Å². The van der Waals surface area contributed by atoms with Crippen LogP contribution in [-0.4, -0.2) is 121 Å². The maximum absolute atomic E-state index is 16.0. The molecule has 1 unspecified atom stereocenters. The summed E-state index contributed by atoms with van der Waals surface area (Å²) in [6, 6.07) is 15.8. The molecule has 6 amide bonds. The zero-order valence-electron chi connectivity index (χ0n) is 37.0. The Morgan fingerprint density at radius 1 is 0.910 bits per heavy atom. The Hall–Kier alpha value is -6.99. The molecule has 0 bridgehead atoms. The second-order valence-electron chi connectivity index (χ2n) is 18.0. The number of piperidine rings is 1. The molecule has 344 valence electrons. The maximum Gasteiger partial charge on any atom is 0.329 e. The number of halogens is 1. The van der Waals surface area contributed by atoms with Gasteiger partial charge in [-0.15, -0.1) is 11.3 Å². The fourth-order valence-electron chi connectivity index (χ4n) is 10.4. The van der Waals surface area contributed by atoms with E-state index in [0.717, 1.165) is 73.2 Å². The highest BCUT2D eigenvalue weighted by atomic mass is 32.1. The van der Waals surface area contributed by atoms with Crippen molar-refractivity contribution in [3.05, 3.63) is 106 Å². The van der Waals surface area contributed by atoms with Gasteiger partial charge in [-0.1, -0.05) is 18.2 Å². The lowest BCUT2D eigenvalue weighted by Gasteiger charge is -2.38. The molecule has 67 heavy (non-hydrogen) atoms. The highest BCUT2D eigenvalue weighted by molar-refractivity contribution is 7.13. The summed E-state index contributed by atoms with van der Waals surface area (Å²) in [6.07, 6.45) is 7.05. The smallest absolute Gasteiger partial charge is 0.329 e. The molecule has 3 aromatic heterocycles. The molecule has 19 heteroatoms. The van der Waals surface area contributed by atoms with Gasteiger partial charge in [-0.25, -0.2) is 19.2 Å². The topological polar surface area (TPSA) is 174 Å². The van der Waals surface area contributed by atoms with Gasteiger partial charge in [-0.2, -0.15) is 5.10 Å². The number of anilines is 3. The Balaban J connectivity index is 0.690. The van der Waals surface area contributed by atoms with E-state index in [1.807, 2.05) is 46.8 Å². The number of nitrogens with one attached hydrogen (secondary N) is 2. The van der Waals surface area contributed by atoms with E-state index < -0.39 is 29.7 Å². The van der Waals surface area contributed by atoms with E-state index in [1.54, 1.807) is 28.7 Å². The van der Waals surface area contributed by atoms with E-state index in [4.69, 9.17) is 0 Å². The SMILES string of the molecule is Cn1nc(N2CCC(=O)NC2=O)c2ccc(C3CCN(CC(=O)N4CCN(c5ccc(-c6cc(F)c7c(c6)C(=O)N(C(C(=O)Nc6nccs6)c6ncn8c6CCC8)C7)cc5)CC4)CC3)cc21. The van der Waals surface area contributed by atoms with Crippen molar-refractivity contribution in [3.63, 3.8) is 0 Å². The van der Waals surface area contributed by atoms with E-state index in [0.29, 0.717) is 67.4 Å². The van der Waals surface area contributed by atoms with Crippen LogP contribution < -0.4 is 20.4 Å². The van der Waals surface area contributed by atoms with Gasteiger partial charge in [0, 0.05) is 92.2 Å². The average molecular weight is 925 g/mol. The fourth-order valence-corrected chi connectivity index (χ4v) is 11.0. The standard InChI is InChI=1S/C48H49FN12O5S/c1-55-39-25-31(6-9-34(39)44(54-55)60-17-12-40(62)52-48(60)66)30-10-15-56(16-11-30)27-41(63)58-20-18-57(19-21-58)33-7-4-29(5-8-33)32-23-35-36(37(49)24-32)26-61(46(35)65)43(45(64)53-47-50-13-22-67-47)42-38-3-2-14-59(38)28-51-42/h4-9,13,22-25,28,30,43H,2-3,10-12,14-21,26-27H2,1H3,(H,50,53,64)(H,52,62,66). The van der Waals surface area contributed by atoms with Crippen LogP contribution >= 0.6 is 11.3 Å². The Labute approximate surface area is 389 Å². The molecule has 3 saturated heterocycles. The van der Waals surface area contributed by atoms with Crippen molar-refractivity contribution in [1.29, 1.82) is 0 Å². The first-order valence-corrected chi connectivity index (χ1v) is 23.8. The largest absolute Gasteiger partial charge is 0.368 e. The van der Waals surface area contributed by atoms with Crippen LogP contribution in [0.2, 0.25) is 0 Å². The third-order valence-electron chi connectivity index (χ3n) is 14.1. The van der Waals surface area contributed by atoms with E-state index in [1.165, 1.54) is 32.8 Å². The van der Waals surface area contributed by atoms with Crippen LogP contribution in [0.5, 0.6) is 0 Å². The van der Waals surface area contributed by atoms with Gasteiger partial charge < -0.3 is 19.3 Å². The van der Waals surface area contributed by atoms with Crippen LogP contribution in [0.4, 0.5) is 25.8 Å². The highest BCUT2D eigenvalue weighted by Crippen LogP contribution is 2.39. The molecular weight excluding hydrogens is 876 g/mol. The quantitative estimate of drug-likeness (QED) is 0.184. The number of fused-ring (bicyclic) bond motifs is 3. The van der Waals surface area contributed by atoms with Gasteiger partial charge in [0.05, 0.1) is 30.6 Å². The molecular formula is C48H49FN12O5S. The normalized spacial score (nSPS) is 18.4. The summed E-state index contributed by atoms with van der Waals surface area (Å²) >= 11 is 1.28. The van der Waals surface area contributed by atoms with Crippen molar-refractivity contribution >= 4 is 68.5 Å². The number of hydrogen-bond acceptors (Lipinski definition) is 11. The number of nitrogens with zero attached hydrogens (tertiary/aromatic N) is 10. The molecule has 0 radical (unpaired) electrons. The third kappa shape index (κ3) is 7.98. The lowest BCUT2D eigenvalue weighted by atomic mass is 9.89. The van der Waals surface area contributed by atoms with Crippen LogP contribution in [-0.2, 0) is 40.9 Å². The summed E-state index contributed by atoms with van der Waals surface area (Å²) in [5, 5.41) is 12.9. The van der Waals surface area contributed by atoms with Crippen molar-refractivity contribution in [3.8, 4) is 11.1 Å². The predicted molar refractivity (Wildman–Crippen MR) is 249 cm³/mol. The Morgan fingerprint density at radius 3 is 2.48 bits per heavy atom. The predicted octanol–water partition coefficient (Wildman–Crippen LogP) is 5.29. The number of carbonyl (C=O) groups excluding carboxylic acids is 5. The van der Waals surface area contributed by atoms with E-state index in [-0.39, 0.29) is 35.9 Å². The summed E-state index contributed by atoms with van der Waals surface area (Å²) in [5.74, 6) is -0.621. The molecule has 3 aromatic carbocycles. The second kappa shape index (κ2) is 17.3. The lowest BCUT2D eigenvalue weighted by molar-refractivity contribution is -0.133. The first-order chi connectivity index (χ1) is 32.6. The molecule has 5 aliphatic heterocycles. The Morgan fingerprint density at radius 2 is 1.72 bits per heavy atom. The monoisotopic (exact) mass is 924 g/mol. The van der Waals surface area contributed by atoms with Gasteiger partial charge in [-0.3, -0.25) is 44.3 Å². The number of aryl methyl sites for hydroxylation is 2. The van der Waals surface area contributed by atoms with Gasteiger partial charge in [0.1, 0.15) is 5.82 Å². The first kappa shape index (κ1) is 42.6. The van der Waals surface area contributed by atoms with Gasteiger partial charge in [-0.05, 0) is 97.8 Å². The molecule has 11 rings (SSSR count). The zero-order valence-corrected chi connectivity index (χ0v) is 37.8. The number of aromatic nitrogens is 5. The van der Waals surface area contributed by atoms with Crippen molar-refractivity contribution in [2.75, 3.05) is 67.5 Å². The number of hydrogen-bond donors (Lipinski definition) is 2. The van der Waals surface area contributed by atoms with Crippen LogP contribution in [0.1, 0.15) is 70.5 Å². The minimum atomic E-state index is -1.06. The second-order valence-corrected chi connectivity index (χ2v) is 18.9. The van der Waals surface area contributed by atoms with Crippen molar-refractivity contribution in [1.82, 2.24) is 44.3 Å². The molecule has 5 aliphatic rings. The summed E-state index contributed by atoms with van der Waals surface area (Å²) in [7, 11) is 1.87. The van der Waals surface area contributed by atoms with Crippen LogP contribution in [0.3, 0.4) is 0 Å². The summed E-state index contributed by atoms with van der Waals surface area (Å²) in [5.41, 5.74) is 6.37. The van der Waals surface area contributed by atoms with E-state index in [2.05, 4.69) is 47.6 Å². The number of rotatable bonds is 10. The molecule has 0 aliphatic carbocycles. The van der Waals surface area contributed by atoms with E-state index in [9.17, 15) is 24.0 Å². The van der Waals surface area contributed by atoms with Gasteiger partial charge in [0.15, 0.2) is 17.0 Å². The highest BCUT2D eigenvalue weighted by Gasteiger charge is 2.42. The fraction of sp³-hybridized carbons (Fsp3) is 0.375. The molecule has 1 atom stereocenters. The van der Waals surface area contributed by atoms with E-state index >= 15 is 4.39 Å². The Bertz CT molecular complexity index is 2940. The summed E-state index contributed by atoms with van der Waals surface area (Å²) in [6.45, 7) is 5.63. The number of piperazine rings is 1. The van der Waals surface area contributed by atoms with Crippen LogP contribution in [0, 0.1) is 5.82 Å². The first-order valence-electron chi connectivity index (χ1n) is 22.9. The summed E-state index contributed by atoms with van der Waals surface area (Å²) < 4.78 is 19.8. The number of urea groups is 1. The number of imide groups is 1. The maximum atomic E-state index is 16.0. The molecule has 17 nitrogen and oxygen atoms in total. The van der Waals surface area contributed by atoms with Crippen LogP contribution in [0.25, 0.3) is 22.0 Å². The molecule has 2 N–H and O–H groups in total. The number of amides is 6. The van der Waals surface area contributed by atoms with Crippen molar-refractivity contribution in [2.24, 2.45) is 7.05 Å². The minimum Gasteiger partial charge on any atom is -0.368 e. The number of likely N-dealkylation sites (tertiary alicyclic amines) is 1. The number of carbonyl (C=O) groups is 5. The molecule has 6 aromatic rings. The molecule has 8 heterocycles. The lowest BCUT2D eigenvalue weighted by Crippen LogP contribution is -2.51. The van der Waals surface area contributed by atoms with Gasteiger partial charge in [0.2, 0.25) is 11.8 Å². The number of thiazole rings is 1. The van der Waals surface area contributed by atoms with Crippen molar-refractivity contribution < 1.29 is 28.4 Å². The molecule has 0 spiro atoms. The minimum absolute atomic E-state index is 0.0591. The summed E-state index contributed by atoms with van der Waals surface area (Å²) in [4.78, 5) is 84.0. The Kier molecular flexibility index (Phi) is 11.0. The van der Waals surface area contributed by atoms with Crippen molar-refractivity contribution in [2.45, 2.75) is 57.2 Å².